The Balaban J connectivity index is 3.55. The number of hydrogen-bond donors (Lipinski definition) is 0. The van der Waals surface area contributed by atoms with Crippen LogP contribution in [-0.4, -0.2) is 27.1 Å². The monoisotopic (exact) mass is 328 g/mol. The minimum atomic E-state index is -0.0892. The molecule has 0 heterocycles. The van der Waals surface area contributed by atoms with Crippen molar-refractivity contribution in [3.05, 3.63) is 27.8 Å². The minimum Gasteiger partial charge on any atom is -0.493 e. The Labute approximate surface area is 121 Å². The van der Waals surface area contributed by atoms with Gasteiger partial charge in [-0.05, 0) is 41.4 Å². The average Bonchev–Trinajstić information content (AvgIpc) is 2.44. The maximum absolute atomic E-state index is 12.3. The summed E-state index contributed by atoms with van der Waals surface area (Å²) >= 11 is 3.39. The van der Waals surface area contributed by atoms with Crippen LogP contribution >= 0.6 is 15.9 Å². The van der Waals surface area contributed by atoms with Gasteiger partial charge in [0.05, 0.1) is 25.8 Å². The number of rotatable bonds is 5. The summed E-state index contributed by atoms with van der Waals surface area (Å²) in [7, 11) is 4.55. The van der Waals surface area contributed by atoms with Crippen LogP contribution in [0.2, 0.25) is 0 Å². The van der Waals surface area contributed by atoms with Gasteiger partial charge in [0, 0.05) is 5.56 Å². The molecule has 0 radical (unpaired) electrons. The number of methoxy groups -OCH3 is 3. The van der Waals surface area contributed by atoms with E-state index >= 15 is 0 Å². The SMILES string of the molecule is C/C=C(\C)C(=O)c1cc(OC)c(OC)c(OC)c1Br. The third-order valence-corrected chi connectivity index (χ3v) is 3.59. The first kappa shape index (κ1) is 15.6. The van der Waals surface area contributed by atoms with E-state index in [2.05, 4.69) is 15.9 Å². The molecule has 1 aromatic carbocycles. The summed E-state index contributed by atoms with van der Waals surface area (Å²) in [5.41, 5.74) is 1.13. The van der Waals surface area contributed by atoms with Crippen molar-refractivity contribution in [3.8, 4) is 17.2 Å². The van der Waals surface area contributed by atoms with Gasteiger partial charge in [0.1, 0.15) is 0 Å². The third-order valence-electron chi connectivity index (χ3n) is 2.81. The zero-order valence-corrected chi connectivity index (χ0v) is 13.3. The standard InChI is InChI=1S/C14H17BrO4/c1-6-8(2)12(16)9-7-10(17-3)13(18-4)14(19-5)11(9)15/h6-7H,1-5H3/b8-6+. The lowest BCUT2D eigenvalue weighted by atomic mass is 10.0. The van der Waals surface area contributed by atoms with Gasteiger partial charge >= 0.3 is 0 Å². The smallest absolute Gasteiger partial charge is 0.204 e. The highest BCUT2D eigenvalue weighted by molar-refractivity contribution is 9.10. The molecule has 0 amide bonds. The lowest BCUT2D eigenvalue weighted by Gasteiger charge is -2.16. The van der Waals surface area contributed by atoms with Gasteiger partial charge in [-0.3, -0.25) is 4.79 Å². The van der Waals surface area contributed by atoms with Crippen molar-refractivity contribution in [2.24, 2.45) is 0 Å². The molecule has 0 aliphatic rings. The third kappa shape index (κ3) is 2.92. The largest absolute Gasteiger partial charge is 0.493 e. The zero-order valence-electron chi connectivity index (χ0n) is 11.7. The summed E-state index contributed by atoms with van der Waals surface area (Å²) < 4.78 is 16.3. The van der Waals surface area contributed by atoms with Gasteiger partial charge in [-0.15, -0.1) is 0 Å². The highest BCUT2D eigenvalue weighted by Gasteiger charge is 2.23. The quantitative estimate of drug-likeness (QED) is 0.611. The predicted octanol–water partition coefficient (Wildman–Crippen LogP) is 3.62. The van der Waals surface area contributed by atoms with Crippen LogP contribution in [0.3, 0.4) is 0 Å². The van der Waals surface area contributed by atoms with Gasteiger partial charge in [-0.1, -0.05) is 6.08 Å². The number of halogens is 1. The topological polar surface area (TPSA) is 44.8 Å². The number of benzene rings is 1. The second-order valence-corrected chi connectivity index (χ2v) is 4.60. The summed E-state index contributed by atoms with van der Waals surface area (Å²) in [4.78, 5) is 12.3. The van der Waals surface area contributed by atoms with Crippen LogP contribution in [0.15, 0.2) is 22.2 Å². The van der Waals surface area contributed by atoms with E-state index in [1.807, 2.05) is 6.92 Å². The van der Waals surface area contributed by atoms with Crippen molar-refractivity contribution in [2.75, 3.05) is 21.3 Å². The van der Waals surface area contributed by atoms with Gasteiger partial charge in [0.15, 0.2) is 17.3 Å². The van der Waals surface area contributed by atoms with Crippen LogP contribution in [0.1, 0.15) is 24.2 Å². The Hall–Kier alpha value is -1.49. The fourth-order valence-corrected chi connectivity index (χ4v) is 2.27. The normalized spacial score (nSPS) is 11.2. The summed E-state index contributed by atoms with van der Waals surface area (Å²) in [6, 6.07) is 1.64. The number of ether oxygens (including phenoxy) is 3. The van der Waals surface area contributed by atoms with Crippen LogP contribution in [-0.2, 0) is 0 Å². The van der Waals surface area contributed by atoms with Gasteiger partial charge < -0.3 is 14.2 Å². The molecular weight excluding hydrogens is 312 g/mol. The van der Waals surface area contributed by atoms with Gasteiger partial charge in [-0.2, -0.15) is 0 Å². The first-order valence-corrected chi connectivity index (χ1v) is 6.47. The molecule has 0 saturated carbocycles. The van der Waals surface area contributed by atoms with Crippen LogP contribution < -0.4 is 14.2 Å². The first-order chi connectivity index (χ1) is 9.01. The predicted molar refractivity (Wildman–Crippen MR) is 77.6 cm³/mol. The number of carbonyl (C=O) groups excluding carboxylic acids is 1. The maximum Gasteiger partial charge on any atom is 0.204 e. The van der Waals surface area contributed by atoms with E-state index in [9.17, 15) is 4.79 Å². The number of allylic oxidation sites excluding steroid dienone is 2. The molecule has 104 valence electrons. The van der Waals surface area contributed by atoms with Gasteiger partial charge in [0.25, 0.3) is 0 Å². The van der Waals surface area contributed by atoms with Crippen LogP contribution in [0.4, 0.5) is 0 Å². The molecular formula is C14H17BrO4. The highest BCUT2D eigenvalue weighted by Crippen LogP contribution is 2.45. The van der Waals surface area contributed by atoms with Crippen molar-refractivity contribution in [1.82, 2.24) is 0 Å². The van der Waals surface area contributed by atoms with Crippen molar-refractivity contribution < 1.29 is 19.0 Å². The number of Topliss-reactive ketones (excluding diaryl/α,β-unsaturated/α-hetero) is 1. The lowest BCUT2D eigenvalue weighted by molar-refractivity contribution is 0.103. The molecule has 4 nitrogen and oxygen atoms in total. The molecule has 0 aliphatic heterocycles. The first-order valence-electron chi connectivity index (χ1n) is 5.67. The van der Waals surface area contributed by atoms with E-state index in [1.165, 1.54) is 21.3 Å². The van der Waals surface area contributed by atoms with E-state index in [0.717, 1.165) is 0 Å². The minimum absolute atomic E-state index is 0.0892. The Morgan fingerprint density at radius 1 is 1.16 bits per heavy atom. The molecule has 0 spiro atoms. The zero-order chi connectivity index (χ0) is 14.6. The van der Waals surface area contributed by atoms with E-state index in [4.69, 9.17) is 14.2 Å². The maximum atomic E-state index is 12.3. The molecule has 0 atom stereocenters. The highest BCUT2D eigenvalue weighted by atomic mass is 79.9. The van der Waals surface area contributed by atoms with Crippen LogP contribution in [0.5, 0.6) is 17.2 Å². The van der Waals surface area contributed by atoms with Crippen LogP contribution in [0, 0.1) is 0 Å². The van der Waals surface area contributed by atoms with Gasteiger partial charge in [0.2, 0.25) is 5.75 Å². The lowest BCUT2D eigenvalue weighted by Crippen LogP contribution is -2.05. The van der Waals surface area contributed by atoms with Gasteiger partial charge in [-0.25, -0.2) is 0 Å². The molecule has 5 heteroatoms. The second kappa shape index (κ2) is 6.61. The number of hydrogen-bond acceptors (Lipinski definition) is 4. The second-order valence-electron chi connectivity index (χ2n) is 3.81. The molecule has 0 N–H and O–H groups in total. The molecule has 1 aromatic rings. The molecule has 0 unspecified atom stereocenters. The molecule has 0 aliphatic carbocycles. The molecule has 0 saturated heterocycles. The van der Waals surface area contributed by atoms with E-state index in [1.54, 1.807) is 19.1 Å². The van der Waals surface area contributed by atoms with Crippen molar-refractivity contribution in [1.29, 1.82) is 0 Å². The van der Waals surface area contributed by atoms with Crippen molar-refractivity contribution in [2.45, 2.75) is 13.8 Å². The Morgan fingerprint density at radius 2 is 1.74 bits per heavy atom. The number of ketones is 1. The van der Waals surface area contributed by atoms with E-state index < -0.39 is 0 Å². The average molecular weight is 329 g/mol. The molecule has 19 heavy (non-hydrogen) atoms. The Morgan fingerprint density at radius 3 is 2.16 bits per heavy atom. The molecule has 0 aromatic heterocycles. The van der Waals surface area contributed by atoms with Crippen molar-refractivity contribution >= 4 is 21.7 Å². The molecule has 0 fully saturated rings. The summed E-state index contributed by atoms with van der Waals surface area (Å²) in [5, 5.41) is 0. The number of carbonyl (C=O) groups is 1. The fourth-order valence-electron chi connectivity index (χ4n) is 1.63. The molecule has 0 bridgehead atoms. The van der Waals surface area contributed by atoms with Crippen molar-refractivity contribution in [3.63, 3.8) is 0 Å². The summed E-state index contributed by atoms with van der Waals surface area (Å²) in [6.07, 6.45) is 1.76. The summed E-state index contributed by atoms with van der Waals surface area (Å²) in [6.45, 7) is 3.58. The van der Waals surface area contributed by atoms with E-state index in [-0.39, 0.29) is 5.78 Å². The summed E-state index contributed by atoms with van der Waals surface area (Å²) in [5.74, 6) is 1.25. The molecule has 1 rings (SSSR count). The van der Waals surface area contributed by atoms with Crippen LogP contribution in [0.25, 0.3) is 0 Å². The fraction of sp³-hybridized carbons (Fsp3) is 0.357. The van der Waals surface area contributed by atoms with E-state index in [0.29, 0.717) is 32.9 Å². The Bertz CT molecular complexity index is 521. The Kier molecular flexibility index (Phi) is 5.42.